The van der Waals surface area contributed by atoms with E-state index in [0.717, 1.165) is 63.8 Å². The topological polar surface area (TPSA) is 55.3 Å². The first-order chi connectivity index (χ1) is 15.1. The number of carbonyl (C=O) groups excluding carboxylic acids is 1. The van der Waals surface area contributed by atoms with Gasteiger partial charge in [-0.2, -0.15) is 0 Å². The highest BCUT2D eigenvalue weighted by Gasteiger charge is 2.56. The molecule has 6 heteroatoms. The van der Waals surface area contributed by atoms with Crippen molar-refractivity contribution >= 4 is 32.6 Å². The normalized spacial score (nSPS) is 28.7. The van der Waals surface area contributed by atoms with E-state index in [1.807, 2.05) is 41.3 Å². The maximum absolute atomic E-state index is 14.2. The van der Waals surface area contributed by atoms with Crippen LogP contribution in [0, 0.1) is 23.2 Å². The third kappa shape index (κ3) is 3.32. The van der Waals surface area contributed by atoms with Crippen molar-refractivity contribution < 1.29 is 9.53 Å². The molecule has 0 radical (unpaired) electrons. The third-order valence-electron chi connectivity index (χ3n) is 7.60. The molecule has 160 valence electrons. The Balaban J connectivity index is 1.40. The van der Waals surface area contributed by atoms with Crippen LogP contribution in [0.4, 0.5) is 5.13 Å². The number of ether oxygens (including phenoxy) is 1. The summed E-state index contributed by atoms with van der Waals surface area (Å²) < 4.78 is 6.43. The van der Waals surface area contributed by atoms with Crippen molar-refractivity contribution in [1.82, 2.24) is 9.97 Å². The summed E-state index contributed by atoms with van der Waals surface area (Å²) in [6.07, 6.45) is 8.93. The van der Waals surface area contributed by atoms with E-state index in [0.29, 0.717) is 6.54 Å². The van der Waals surface area contributed by atoms with E-state index in [1.165, 1.54) is 19.3 Å². The second-order valence-corrected chi connectivity index (χ2v) is 10.7. The Morgan fingerprint density at radius 3 is 2.52 bits per heavy atom. The Morgan fingerprint density at radius 1 is 1.13 bits per heavy atom. The molecule has 31 heavy (non-hydrogen) atoms. The number of rotatable bonds is 5. The molecule has 4 bridgehead atoms. The number of methoxy groups -OCH3 is 1. The Morgan fingerprint density at radius 2 is 1.87 bits per heavy atom. The van der Waals surface area contributed by atoms with Gasteiger partial charge in [-0.1, -0.05) is 17.4 Å². The summed E-state index contributed by atoms with van der Waals surface area (Å²) in [6, 6.07) is 11.8. The van der Waals surface area contributed by atoms with Crippen molar-refractivity contribution in [2.45, 2.75) is 45.1 Å². The first kappa shape index (κ1) is 19.2. The summed E-state index contributed by atoms with van der Waals surface area (Å²) in [6.45, 7) is 0.471. The summed E-state index contributed by atoms with van der Waals surface area (Å²) in [5, 5.41) is 0.773. The van der Waals surface area contributed by atoms with Crippen molar-refractivity contribution in [2.24, 2.45) is 23.2 Å². The summed E-state index contributed by atoms with van der Waals surface area (Å²) >= 11 is 1.57. The lowest BCUT2D eigenvalue weighted by Gasteiger charge is -2.56. The first-order valence-corrected chi connectivity index (χ1v) is 12.1. The van der Waals surface area contributed by atoms with Gasteiger partial charge in [0.2, 0.25) is 5.91 Å². The predicted molar refractivity (Wildman–Crippen MR) is 122 cm³/mol. The maximum atomic E-state index is 14.2. The molecule has 0 atom stereocenters. The first-order valence-electron chi connectivity index (χ1n) is 11.3. The fraction of sp³-hybridized carbons (Fsp3) is 0.480. The average Bonchev–Trinajstić information content (AvgIpc) is 3.19. The Kier molecular flexibility index (Phi) is 4.53. The van der Waals surface area contributed by atoms with Crippen LogP contribution in [-0.4, -0.2) is 23.0 Å². The molecular weight excluding hydrogens is 406 g/mol. The Hall–Kier alpha value is -2.47. The predicted octanol–water partition coefficient (Wildman–Crippen LogP) is 5.45. The van der Waals surface area contributed by atoms with E-state index in [1.54, 1.807) is 24.6 Å². The molecule has 1 amide bonds. The molecule has 3 aromatic rings. The van der Waals surface area contributed by atoms with Gasteiger partial charge in [-0.25, -0.2) is 4.98 Å². The van der Waals surface area contributed by atoms with Crippen LogP contribution in [-0.2, 0) is 11.3 Å². The Bertz CT molecular complexity index is 1090. The smallest absolute Gasteiger partial charge is 0.235 e. The summed E-state index contributed by atoms with van der Waals surface area (Å²) in [5.41, 5.74) is 1.60. The third-order valence-corrected chi connectivity index (χ3v) is 8.64. The van der Waals surface area contributed by atoms with Crippen molar-refractivity contribution in [1.29, 1.82) is 0 Å². The highest BCUT2D eigenvalue weighted by molar-refractivity contribution is 7.22. The SMILES string of the molecule is COc1ccc2nc(N(Cc3ccccn3)C(=O)C34CC5CC(CC(C5)C3)C4)sc2c1. The highest BCUT2D eigenvalue weighted by atomic mass is 32.1. The van der Waals surface area contributed by atoms with E-state index in [4.69, 9.17) is 9.72 Å². The van der Waals surface area contributed by atoms with E-state index < -0.39 is 0 Å². The lowest BCUT2D eigenvalue weighted by molar-refractivity contribution is -0.143. The van der Waals surface area contributed by atoms with Crippen LogP contribution in [0.25, 0.3) is 10.2 Å². The molecule has 4 fully saturated rings. The van der Waals surface area contributed by atoms with Crippen LogP contribution >= 0.6 is 11.3 Å². The van der Waals surface area contributed by atoms with Gasteiger partial charge in [-0.3, -0.25) is 14.7 Å². The minimum atomic E-state index is -0.209. The molecule has 7 rings (SSSR count). The fourth-order valence-electron chi connectivity index (χ4n) is 6.67. The minimum Gasteiger partial charge on any atom is -0.497 e. The van der Waals surface area contributed by atoms with E-state index in [9.17, 15) is 4.79 Å². The second-order valence-electron chi connectivity index (χ2n) is 9.74. The average molecular weight is 434 g/mol. The second kappa shape index (κ2) is 7.30. The number of hydrogen-bond acceptors (Lipinski definition) is 5. The Labute approximate surface area is 186 Å². The number of pyridine rings is 1. The van der Waals surface area contributed by atoms with Gasteiger partial charge in [-0.15, -0.1) is 0 Å². The van der Waals surface area contributed by atoms with Gasteiger partial charge in [0.15, 0.2) is 5.13 Å². The minimum absolute atomic E-state index is 0.209. The lowest BCUT2D eigenvalue weighted by Crippen LogP contribution is -2.54. The van der Waals surface area contributed by atoms with Crippen molar-refractivity contribution in [3.63, 3.8) is 0 Å². The zero-order valence-electron chi connectivity index (χ0n) is 17.8. The van der Waals surface area contributed by atoms with Crippen LogP contribution in [0.3, 0.4) is 0 Å². The zero-order chi connectivity index (χ0) is 21.0. The van der Waals surface area contributed by atoms with Crippen molar-refractivity contribution in [2.75, 3.05) is 12.0 Å². The van der Waals surface area contributed by atoms with Gasteiger partial charge in [0.1, 0.15) is 5.75 Å². The standard InChI is InChI=1S/C25H27N3O2S/c1-30-20-5-6-21-22(11-20)31-24(27-21)28(15-19-4-2-3-7-26-19)23(29)25-12-16-8-17(13-25)10-18(9-16)14-25/h2-7,11,16-18H,8-10,12-15H2,1H3. The van der Waals surface area contributed by atoms with Crippen LogP contribution in [0.1, 0.15) is 44.2 Å². The maximum Gasteiger partial charge on any atom is 0.235 e. The van der Waals surface area contributed by atoms with Crippen LogP contribution in [0.15, 0.2) is 42.6 Å². The molecule has 0 saturated heterocycles. The van der Waals surface area contributed by atoms with E-state index in [2.05, 4.69) is 4.98 Å². The van der Waals surface area contributed by atoms with Crippen molar-refractivity contribution in [3.8, 4) is 5.75 Å². The van der Waals surface area contributed by atoms with E-state index >= 15 is 0 Å². The summed E-state index contributed by atoms with van der Waals surface area (Å²) in [5.74, 6) is 3.26. The fourth-order valence-corrected chi connectivity index (χ4v) is 7.67. The molecule has 2 heterocycles. The van der Waals surface area contributed by atoms with Crippen molar-refractivity contribution in [3.05, 3.63) is 48.3 Å². The van der Waals surface area contributed by atoms with Crippen LogP contribution in [0.5, 0.6) is 5.75 Å². The number of thiazole rings is 1. The molecule has 1 aromatic carbocycles. The quantitative estimate of drug-likeness (QED) is 0.537. The molecule has 0 aliphatic heterocycles. The number of fused-ring (bicyclic) bond motifs is 1. The van der Waals surface area contributed by atoms with Gasteiger partial charge >= 0.3 is 0 Å². The largest absolute Gasteiger partial charge is 0.497 e. The number of amides is 1. The molecular formula is C25H27N3O2S. The lowest BCUT2D eigenvalue weighted by atomic mass is 9.49. The number of nitrogens with zero attached hydrogens (tertiary/aromatic N) is 3. The highest BCUT2D eigenvalue weighted by Crippen LogP contribution is 2.60. The summed E-state index contributed by atoms with van der Waals surface area (Å²) in [7, 11) is 1.67. The summed E-state index contributed by atoms with van der Waals surface area (Å²) in [4.78, 5) is 25.6. The molecule has 0 spiro atoms. The number of aromatic nitrogens is 2. The molecule has 4 aliphatic carbocycles. The zero-order valence-corrected chi connectivity index (χ0v) is 18.6. The number of benzene rings is 1. The molecule has 4 aliphatic rings. The number of anilines is 1. The molecule has 5 nitrogen and oxygen atoms in total. The number of carbonyl (C=O) groups is 1. The van der Waals surface area contributed by atoms with Gasteiger partial charge in [-0.05, 0) is 86.6 Å². The number of hydrogen-bond donors (Lipinski definition) is 0. The van der Waals surface area contributed by atoms with Gasteiger partial charge in [0, 0.05) is 6.20 Å². The van der Waals surface area contributed by atoms with Crippen LogP contribution < -0.4 is 9.64 Å². The van der Waals surface area contributed by atoms with Crippen LogP contribution in [0.2, 0.25) is 0 Å². The van der Waals surface area contributed by atoms with Gasteiger partial charge < -0.3 is 4.74 Å². The van der Waals surface area contributed by atoms with E-state index in [-0.39, 0.29) is 11.3 Å². The molecule has 0 N–H and O–H groups in total. The van der Waals surface area contributed by atoms with Gasteiger partial charge in [0.05, 0.1) is 35.0 Å². The monoisotopic (exact) mass is 433 g/mol. The molecule has 2 aromatic heterocycles. The molecule has 4 saturated carbocycles. The van der Waals surface area contributed by atoms with Gasteiger partial charge in [0.25, 0.3) is 0 Å². The molecule has 0 unspecified atom stereocenters.